The number of ketones is 1. The first-order valence-electron chi connectivity index (χ1n) is 8.37. The molecule has 0 spiro atoms. The number of carbonyl (C=O) groups excluding carboxylic acids is 1. The van der Waals surface area contributed by atoms with Crippen molar-refractivity contribution in [2.45, 2.75) is 90.5 Å². The molecule has 0 aromatic rings. The SMILES string of the molecule is CCCCCCCCC(=O)C(C)(C)N1CCCCC1. The number of hydrogen-bond acceptors (Lipinski definition) is 2. The molecule has 1 fully saturated rings. The zero-order valence-corrected chi connectivity index (χ0v) is 13.3. The molecule has 0 bridgehead atoms. The summed E-state index contributed by atoms with van der Waals surface area (Å²) in [7, 11) is 0. The van der Waals surface area contributed by atoms with Gasteiger partial charge in [-0.1, -0.05) is 45.4 Å². The van der Waals surface area contributed by atoms with Gasteiger partial charge in [-0.3, -0.25) is 9.69 Å². The van der Waals surface area contributed by atoms with Gasteiger partial charge in [-0.15, -0.1) is 0 Å². The fourth-order valence-electron chi connectivity index (χ4n) is 3.00. The largest absolute Gasteiger partial charge is 0.298 e. The molecule has 0 unspecified atom stereocenters. The molecule has 112 valence electrons. The molecule has 0 radical (unpaired) electrons. The summed E-state index contributed by atoms with van der Waals surface area (Å²) in [6.45, 7) is 8.70. The zero-order valence-electron chi connectivity index (χ0n) is 13.3. The van der Waals surface area contributed by atoms with Crippen LogP contribution in [0.1, 0.15) is 85.0 Å². The highest BCUT2D eigenvalue weighted by molar-refractivity contribution is 5.87. The highest BCUT2D eigenvalue weighted by Gasteiger charge is 2.33. The number of carbonyl (C=O) groups is 1. The van der Waals surface area contributed by atoms with Crippen molar-refractivity contribution in [3.8, 4) is 0 Å². The topological polar surface area (TPSA) is 20.3 Å². The molecular formula is C17H33NO. The van der Waals surface area contributed by atoms with Gasteiger partial charge < -0.3 is 0 Å². The van der Waals surface area contributed by atoms with Crippen LogP contribution in [0, 0.1) is 0 Å². The minimum atomic E-state index is -0.232. The van der Waals surface area contributed by atoms with Crippen LogP contribution in [-0.2, 0) is 4.79 Å². The van der Waals surface area contributed by atoms with E-state index in [0.29, 0.717) is 5.78 Å². The van der Waals surface area contributed by atoms with Gasteiger partial charge in [0.2, 0.25) is 0 Å². The Labute approximate surface area is 119 Å². The van der Waals surface area contributed by atoms with Gasteiger partial charge in [-0.2, -0.15) is 0 Å². The third-order valence-electron chi connectivity index (χ3n) is 4.59. The van der Waals surface area contributed by atoms with Gasteiger partial charge in [0.25, 0.3) is 0 Å². The number of rotatable bonds is 9. The van der Waals surface area contributed by atoms with Gasteiger partial charge >= 0.3 is 0 Å². The van der Waals surface area contributed by atoms with Crippen molar-refractivity contribution in [1.29, 1.82) is 0 Å². The number of nitrogens with zero attached hydrogens (tertiary/aromatic N) is 1. The fraction of sp³-hybridized carbons (Fsp3) is 0.941. The molecule has 0 aromatic heterocycles. The molecule has 0 atom stereocenters. The van der Waals surface area contributed by atoms with Crippen molar-refractivity contribution in [2.75, 3.05) is 13.1 Å². The minimum absolute atomic E-state index is 0.232. The van der Waals surface area contributed by atoms with E-state index >= 15 is 0 Å². The number of piperidine rings is 1. The van der Waals surface area contributed by atoms with Gasteiger partial charge in [0.15, 0.2) is 5.78 Å². The van der Waals surface area contributed by atoms with Crippen LogP contribution in [0.25, 0.3) is 0 Å². The van der Waals surface area contributed by atoms with Crippen molar-refractivity contribution in [3.63, 3.8) is 0 Å². The Morgan fingerprint density at radius 3 is 2.16 bits per heavy atom. The van der Waals surface area contributed by atoms with Crippen LogP contribution < -0.4 is 0 Å². The third-order valence-corrected chi connectivity index (χ3v) is 4.59. The van der Waals surface area contributed by atoms with Crippen LogP contribution in [0.15, 0.2) is 0 Å². The van der Waals surface area contributed by atoms with E-state index in [-0.39, 0.29) is 5.54 Å². The molecule has 19 heavy (non-hydrogen) atoms. The molecule has 0 aliphatic carbocycles. The normalized spacial score (nSPS) is 17.6. The van der Waals surface area contributed by atoms with E-state index in [1.54, 1.807) is 0 Å². The molecule has 1 aliphatic rings. The van der Waals surface area contributed by atoms with Gasteiger partial charge in [0, 0.05) is 6.42 Å². The summed E-state index contributed by atoms with van der Waals surface area (Å²) in [5.74, 6) is 0.449. The Morgan fingerprint density at radius 1 is 0.947 bits per heavy atom. The maximum absolute atomic E-state index is 12.4. The maximum atomic E-state index is 12.4. The van der Waals surface area contributed by atoms with Gasteiger partial charge in [0.1, 0.15) is 0 Å². The molecule has 1 aliphatic heterocycles. The average Bonchev–Trinajstić information content (AvgIpc) is 2.43. The molecule has 2 heteroatoms. The zero-order chi connectivity index (χ0) is 14.1. The van der Waals surface area contributed by atoms with Crippen molar-refractivity contribution < 1.29 is 4.79 Å². The van der Waals surface area contributed by atoms with E-state index in [2.05, 4.69) is 25.7 Å². The molecule has 0 amide bonds. The number of unbranched alkanes of at least 4 members (excludes halogenated alkanes) is 5. The first-order chi connectivity index (χ1) is 9.09. The van der Waals surface area contributed by atoms with Gasteiger partial charge in [-0.25, -0.2) is 0 Å². The van der Waals surface area contributed by atoms with Crippen LogP contribution >= 0.6 is 0 Å². The number of hydrogen-bond donors (Lipinski definition) is 0. The summed E-state index contributed by atoms with van der Waals surface area (Å²) in [6, 6.07) is 0. The maximum Gasteiger partial charge on any atom is 0.152 e. The second-order valence-corrected chi connectivity index (χ2v) is 6.55. The minimum Gasteiger partial charge on any atom is -0.298 e. The predicted octanol–water partition coefficient (Wildman–Crippen LogP) is 4.57. The highest BCUT2D eigenvalue weighted by atomic mass is 16.1. The Kier molecular flexibility index (Phi) is 7.67. The molecule has 0 N–H and O–H groups in total. The summed E-state index contributed by atoms with van der Waals surface area (Å²) in [4.78, 5) is 14.8. The lowest BCUT2D eigenvalue weighted by atomic mass is 9.90. The quantitative estimate of drug-likeness (QED) is 0.570. The average molecular weight is 267 g/mol. The van der Waals surface area contributed by atoms with E-state index in [1.165, 1.54) is 51.4 Å². The van der Waals surface area contributed by atoms with E-state index in [4.69, 9.17) is 0 Å². The first kappa shape index (κ1) is 16.7. The second-order valence-electron chi connectivity index (χ2n) is 6.55. The second kappa shape index (κ2) is 8.73. The van der Waals surface area contributed by atoms with Crippen molar-refractivity contribution in [3.05, 3.63) is 0 Å². The highest BCUT2D eigenvalue weighted by Crippen LogP contribution is 2.23. The van der Waals surface area contributed by atoms with Crippen molar-refractivity contribution >= 4 is 5.78 Å². The van der Waals surface area contributed by atoms with E-state index in [9.17, 15) is 4.79 Å². The summed E-state index contributed by atoms with van der Waals surface area (Å²) >= 11 is 0. The smallest absolute Gasteiger partial charge is 0.152 e. The molecular weight excluding hydrogens is 234 g/mol. The van der Waals surface area contributed by atoms with Crippen molar-refractivity contribution in [2.24, 2.45) is 0 Å². The molecule has 1 saturated heterocycles. The lowest BCUT2D eigenvalue weighted by Crippen LogP contribution is -2.52. The van der Waals surface area contributed by atoms with E-state index in [1.807, 2.05) is 0 Å². The standard InChI is InChI=1S/C17H33NO/c1-4-5-6-7-8-10-13-16(19)17(2,3)18-14-11-9-12-15-18/h4-15H2,1-3H3. The number of Topliss-reactive ketones (excluding diaryl/α,β-unsaturated/α-hetero) is 1. The lowest BCUT2D eigenvalue weighted by Gasteiger charge is -2.39. The fourth-order valence-corrected chi connectivity index (χ4v) is 3.00. The summed E-state index contributed by atoms with van der Waals surface area (Å²) in [5.41, 5.74) is -0.232. The summed E-state index contributed by atoms with van der Waals surface area (Å²) in [6.07, 6.45) is 12.2. The Morgan fingerprint density at radius 2 is 1.53 bits per heavy atom. The summed E-state index contributed by atoms with van der Waals surface area (Å²) < 4.78 is 0. The Hall–Kier alpha value is -0.370. The lowest BCUT2D eigenvalue weighted by molar-refractivity contribution is -0.130. The van der Waals surface area contributed by atoms with Crippen LogP contribution in [0.4, 0.5) is 0 Å². The summed E-state index contributed by atoms with van der Waals surface area (Å²) in [5, 5.41) is 0. The molecule has 1 heterocycles. The Balaban J connectivity index is 2.22. The van der Waals surface area contributed by atoms with Crippen LogP contribution in [0.5, 0.6) is 0 Å². The van der Waals surface area contributed by atoms with Crippen LogP contribution in [0.3, 0.4) is 0 Å². The van der Waals surface area contributed by atoms with Gasteiger partial charge in [0.05, 0.1) is 5.54 Å². The first-order valence-corrected chi connectivity index (χ1v) is 8.37. The van der Waals surface area contributed by atoms with E-state index in [0.717, 1.165) is 25.9 Å². The predicted molar refractivity (Wildman–Crippen MR) is 82.5 cm³/mol. The molecule has 0 saturated carbocycles. The molecule has 1 rings (SSSR count). The van der Waals surface area contributed by atoms with Crippen LogP contribution in [0.2, 0.25) is 0 Å². The number of likely N-dealkylation sites (tertiary alicyclic amines) is 1. The third kappa shape index (κ3) is 5.64. The van der Waals surface area contributed by atoms with Gasteiger partial charge in [-0.05, 0) is 46.2 Å². The monoisotopic (exact) mass is 267 g/mol. The molecule has 2 nitrogen and oxygen atoms in total. The van der Waals surface area contributed by atoms with E-state index < -0.39 is 0 Å². The van der Waals surface area contributed by atoms with Crippen molar-refractivity contribution in [1.82, 2.24) is 4.90 Å². The molecule has 0 aromatic carbocycles. The Bertz CT molecular complexity index is 254. The van der Waals surface area contributed by atoms with Crippen LogP contribution in [-0.4, -0.2) is 29.3 Å².